The highest BCUT2D eigenvalue weighted by atomic mass is 79.9. The summed E-state index contributed by atoms with van der Waals surface area (Å²) in [5.41, 5.74) is 0.468. The molecule has 1 nitrogen and oxygen atoms in total. The largest absolute Gasteiger partial charge is 0.392 e. The summed E-state index contributed by atoms with van der Waals surface area (Å²) < 4.78 is 13.0. The first kappa shape index (κ1) is 8.97. The van der Waals surface area contributed by atoms with Crippen LogP contribution in [-0.4, -0.2) is 5.11 Å². The second-order valence-electron chi connectivity index (χ2n) is 2.03. The van der Waals surface area contributed by atoms with Gasteiger partial charge in [-0.25, -0.2) is 4.39 Å². The molecular weight excluding hydrogens is 234 g/mol. The third-order valence-electron chi connectivity index (χ3n) is 1.23. The smallest absolute Gasteiger partial charge is 0.139 e. The number of rotatable bonds is 1. The van der Waals surface area contributed by atoms with Crippen LogP contribution in [0.25, 0.3) is 0 Å². The van der Waals surface area contributed by atoms with Crippen LogP contribution in [-0.2, 0) is 6.61 Å². The maximum atomic E-state index is 12.8. The first-order chi connectivity index (χ1) is 5.15. The molecule has 0 aromatic heterocycles. The quantitative estimate of drug-likeness (QED) is 0.747. The summed E-state index contributed by atoms with van der Waals surface area (Å²) in [6, 6.07) is 2.74. The summed E-state index contributed by atoms with van der Waals surface area (Å²) in [6.07, 6.45) is 0. The molecule has 0 bridgehead atoms. The molecule has 1 aromatic carbocycles. The van der Waals surface area contributed by atoms with Crippen molar-refractivity contribution in [2.24, 2.45) is 0 Å². The van der Waals surface area contributed by atoms with Crippen molar-refractivity contribution in [3.05, 3.63) is 33.0 Å². The number of halogens is 3. The van der Waals surface area contributed by atoms with Gasteiger partial charge in [0.05, 0.1) is 16.1 Å². The monoisotopic (exact) mass is 238 g/mol. The zero-order valence-corrected chi connectivity index (χ0v) is 7.78. The van der Waals surface area contributed by atoms with Gasteiger partial charge in [-0.2, -0.15) is 0 Å². The Balaban J connectivity index is 3.21. The van der Waals surface area contributed by atoms with Crippen molar-refractivity contribution in [3.63, 3.8) is 0 Å². The molecule has 0 unspecified atom stereocenters. The molecule has 0 aliphatic carbocycles. The molecule has 1 rings (SSSR count). The molecule has 0 fully saturated rings. The molecule has 1 N–H and O–H groups in total. The maximum absolute atomic E-state index is 12.8. The van der Waals surface area contributed by atoms with Gasteiger partial charge in [-0.3, -0.25) is 0 Å². The van der Waals surface area contributed by atoms with Gasteiger partial charge < -0.3 is 5.11 Å². The third kappa shape index (κ3) is 1.92. The number of benzene rings is 1. The fourth-order valence-electron chi connectivity index (χ4n) is 0.699. The summed E-state index contributed by atoms with van der Waals surface area (Å²) in [5.74, 6) is -0.457. The van der Waals surface area contributed by atoms with Crippen LogP contribution in [0.2, 0.25) is 5.02 Å². The third-order valence-corrected chi connectivity index (χ3v) is 2.56. The lowest BCUT2D eigenvalue weighted by Gasteiger charge is -2.00. The maximum Gasteiger partial charge on any atom is 0.139 e. The standard InChI is InChI=1S/C7H5BrClFO/c8-7-5(9)1-4(3-11)2-6(7)10/h1-2,11H,3H2. The molecule has 4 heteroatoms. The van der Waals surface area contributed by atoms with Crippen molar-refractivity contribution in [2.45, 2.75) is 6.61 Å². The van der Waals surface area contributed by atoms with Gasteiger partial charge in [0.2, 0.25) is 0 Å². The molecule has 1 aromatic rings. The Morgan fingerprint density at radius 2 is 2.18 bits per heavy atom. The van der Waals surface area contributed by atoms with Gasteiger partial charge in [0, 0.05) is 0 Å². The van der Waals surface area contributed by atoms with Crippen LogP contribution in [0.5, 0.6) is 0 Å². The lowest BCUT2D eigenvalue weighted by Crippen LogP contribution is -1.86. The summed E-state index contributed by atoms with van der Waals surface area (Å²) >= 11 is 8.55. The normalized spacial score (nSPS) is 10.2. The van der Waals surface area contributed by atoms with Crippen molar-refractivity contribution in [1.82, 2.24) is 0 Å². The zero-order valence-electron chi connectivity index (χ0n) is 5.44. The van der Waals surface area contributed by atoms with Crippen LogP contribution < -0.4 is 0 Å². The lowest BCUT2D eigenvalue weighted by molar-refractivity contribution is 0.281. The van der Waals surface area contributed by atoms with Crippen LogP contribution in [0.15, 0.2) is 16.6 Å². The Morgan fingerprint density at radius 1 is 1.55 bits per heavy atom. The molecule has 0 saturated carbocycles. The average Bonchev–Trinajstić information content (AvgIpc) is 1.99. The van der Waals surface area contributed by atoms with E-state index in [1.807, 2.05) is 0 Å². The van der Waals surface area contributed by atoms with Gasteiger partial charge in [0.15, 0.2) is 0 Å². The van der Waals surface area contributed by atoms with E-state index < -0.39 is 5.82 Å². The van der Waals surface area contributed by atoms with Gasteiger partial charge in [-0.15, -0.1) is 0 Å². The van der Waals surface area contributed by atoms with Crippen molar-refractivity contribution >= 4 is 27.5 Å². The Labute approximate surface area is 76.9 Å². The highest BCUT2D eigenvalue weighted by molar-refractivity contribution is 9.10. The SMILES string of the molecule is OCc1cc(F)c(Br)c(Cl)c1. The molecule has 0 heterocycles. The van der Waals surface area contributed by atoms with Crippen LogP contribution >= 0.6 is 27.5 Å². The lowest BCUT2D eigenvalue weighted by atomic mass is 10.2. The number of hydrogen-bond acceptors (Lipinski definition) is 1. The van der Waals surface area contributed by atoms with Gasteiger partial charge in [-0.1, -0.05) is 11.6 Å². The predicted octanol–water partition coefficient (Wildman–Crippen LogP) is 2.73. The van der Waals surface area contributed by atoms with E-state index in [0.29, 0.717) is 5.56 Å². The van der Waals surface area contributed by atoms with Gasteiger partial charge in [0.1, 0.15) is 5.82 Å². The Bertz CT molecular complexity index is 254. The van der Waals surface area contributed by atoms with Crippen LogP contribution in [0.1, 0.15) is 5.56 Å². The second-order valence-corrected chi connectivity index (χ2v) is 3.23. The van der Waals surface area contributed by atoms with Gasteiger partial charge in [-0.05, 0) is 33.6 Å². The van der Waals surface area contributed by atoms with Gasteiger partial charge >= 0.3 is 0 Å². The predicted molar refractivity (Wildman–Crippen MR) is 45.0 cm³/mol. The molecule has 0 amide bonds. The molecule has 11 heavy (non-hydrogen) atoms. The molecule has 0 atom stereocenters. The minimum atomic E-state index is -0.457. The summed E-state index contributed by atoms with van der Waals surface area (Å²) in [4.78, 5) is 0. The second kappa shape index (κ2) is 3.52. The van der Waals surface area contributed by atoms with E-state index in [0.717, 1.165) is 0 Å². The Kier molecular flexibility index (Phi) is 2.87. The average molecular weight is 239 g/mol. The van der Waals surface area contributed by atoms with Crippen molar-refractivity contribution in [2.75, 3.05) is 0 Å². The molecular formula is C7H5BrClFO. The fourth-order valence-corrected chi connectivity index (χ4v) is 1.16. The van der Waals surface area contributed by atoms with E-state index in [-0.39, 0.29) is 16.1 Å². The number of aliphatic hydroxyl groups excluding tert-OH is 1. The highest BCUT2D eigenvalue weighted by Gasteiger charge is 2.05. The van der Waals surface area contributed by atoms with E-state index in [1.165, 1.54) is 12.1 Å². The minimum absolute atomic E-state index is 0.204. The molecule has 0 aliphatic heterocycles. The van der Waals surface area contributed by atoms with Crippen LogP contribution in [0.4, 0.5) is 4.39 Å². The topological polar surface area (TPSA) is 20.2 Å². The highest BCUT2D eigenvalue weighted by Crippen LogP contribution is 2.26. The van der Waals surface area contributed by atoms with E-state index >= 15 is 0 Å². The molecule has 0 saturated heterocycles. The molecule has 0 radical (unpaired) electrons. The van der Waals surface area contributed by atoms with Crippen molar-refractivity contribution in [3.8, 4) is 0 Å². The van der Waals surface area contributed by atoms with Crippen molar-refractivity contribution in [1.29, 1.82) is 0 Å². The van der Waals surface area contributed by atoms with E-state index in [9.17, 15) is 4.39 Å². The van der Waals surface area contributed by atoms with Gasteiger partial charge in [0.25, 0.3) is 0 Å². The molecule has 60 valence electrons. The van der Waals surface area contributed by atoms with Crippen LogP contribution in [0.3, 0.4) is 0 Å². The minimum Gasteiger partial charge on any atom is -0.392 e. The van der Waals surface area contributed by atoms with E-state index in [4.69, 9.17) is 16.7 Å². The first-order valence-corrected chi connectivity index (χ1v) is 4.06. The Morgan fingerprint density at radius 3 is 2.64 bits per heavy atom. The summed E-state index contributed by atoms with van der Waals surface area (Å²) in [5, 5.41) is 8.91. The Hall–Kier alpha value is -0.120. The first-order valence-electron chi connectivity index (χ1n) is 2.89. The van der Waals surface area contributed by atoms with E-state index in [2.05, 4.69) is 15.9 Å². The summed E-state index contributed by atoms with van der Waals surface area (Å²) in [6.45, 7) is -0.204. The number of aliphatic hydroxyl groups is 1. The number of hydrogen-bond donors (Lipinski definition) is 1. The molecule has 0 spiro atoms. The fraction of sp³-hybridized carbons (Fsp3) is 0.143. The molecule has 0 aliphatic rings. The van der Waals surface area contributed by atoms with Crippen LogP contribution in [0, 0.1) is 5.82 Å². The summed E-state index contributed by atoms with van der Waals surface area (Å²) in [7, 11) is 0. The zero-order chi connectivity index (χ0) is 8.43. The van der Waals surface area contributed by atoms with E-state index in [1.54, 1.807) is 0 Å². The van der Waals surface area contributed by atoms with Crippen molar-refractivity contribution < 1.29 is 9.50 Å².